The number of hydrogen-bond donors (Lipinski definition) is 0. The Kier molecular flexibility index (Phi) is 6.89. The van der Waals surface area contributed by atoms with Crippen molar-refractivity contribution in [1.82, 2.24) is 0 Å². The first-order valence-corrected chi connectivity index (χ1v) is 11.9. The summed E-state index contributed by atoms with van der Waals surface area (Å²) < 4.78 is 14.4. The van der Waals surface area contributed by atoms with E-state index in [1.807, 2.05) is 66.7 Å². The van der Waals surface area contributed by atoms with Gasteiger partial charge in [0.1, 0.15) is 12.4 Å². The summed E-state index contributed by atoms with van der Waals surface area (Å²) >= 11 is 8.01. The molecular formula is C23H14BrI2NO3. The van der Waals surface area contributed by atoms with Crippen molar-refractivity contribution in [2.24, 2.45) is 4.99 Å². The fraction of sp³-hybridized carbons (Fsp3) is 0.0435. The van der Waals surface area contributed by atoms with Crippen LogP contribution in [0.25, 0.3) is 6.08 Å². The first-order chi connectivity index (χ1) is 14.5. The predicted molar refractivity (Wildman–Crippen MR) is 137 cm³/mol. The van der Waals surface area contributed by atoms with E-state index in [0.29, 0.717) is 12.5 Å². The summed E-state index contributed by atoms with van der Waals surface area (Å²) in [5.74, 6) is 0.556. The van der Waals surface area contributed by atoms with Crippen LogP contribution in [-0.2, 0) is 16.1 Å². The SMILES string of the molecule is O=C1OC(c2ccc(I)c(Br)c2)=N/C1=C\c1cccc(OCc2ccccc2I)c1. The van der Waals surface area contributed by atoms with Gasteiger partial charge in [-0.3, -0.25) is 0 Å². The zero-order valence-electron chi connectivity index (χ0n) is 15.4. The van der Waals surface area contributed by atoms with Gasteiger partial charge in [-0.05, 0) is 109 Å². The zero-order chi connectivity index (χ0) is 21.1. The average Bonchev–Trinajstić information content (AvgIpc) is 3.10. The van der Waals surface area contributed by atoms with Crippen molar-refractivity contribution in [3.05, 3.63) is 101 Å². The second-order valence-corrected chi connectivity index (χ2v) is 9.60. The van der Waals surface area contributed by atoms with Gasteiger partial charge in [-0.15, -0.1) is 0 Å². The molecule has 0 fully saturated rings. The van der Waals surface area contributed by atoms with Gasteiger partial charge in [0, 0.05) is 22.7 Å². The minimum atomic E-state index is -0.468. The molecule has 0 bridgehead atoms. The Morgan fingerprint density at radius 3 is 2.63 bits per heavy atom. The lowest BCUT2D eigenvalue weighted by atomic mass is 10.2. The molecule has 1 heterocycles. The normalized spacial score (nSPS) is 14.6. The van der Waals surface area contributed by atoms with E-state index < -0.39 is 5.97 Å². The van der Waals surface area contributed by atoms with Gasteiger partial charge in [0.25, 0.3) is 0 Å². The van der Waals surface area contributed by atoms with Gasteiger partial charge in [-0.25, -0.2) is 9.79 Å². The number of aliphatic imine (C=N–C) groups is 1. The number of carbonyl (C=O) groups excluding carboxylic acids is 1. The number of benzene rings is 3. The Bertz CT molecular complexity index is 1190. The van der Waals surface area contributed by atoms with Crippen molar-refractivity contribution >= 4 is 79.1 Å². The highest BCUT2D eigenvalue weighted by Gasteiger charge is 2.24. The van der Waals surface area contributed by atoms with Crippen LogP contribution in [0.15, 0.2) is 81.9 Å². The fourth-order valence-electron chi connectivity index (χ4n) is 2.79. The van der Waals surface area contributed by atoms with Gasteiger partial charge in [0.05, 0.1) is 0 Å². The molecule has 30 heavy (non-hydrogen) atoms. The number of carbonyl (C=O) groups is 1. The van der Waals surface area contributed by atoms with Gasteiger partial charge < -0.3 is 9.47 Å². The summed E-state index contributed by atoms with van der Waals surface area (Å²) in [6.07, 6.45) is 1.70. The summed E-state index contributed by atoms with van der Waals surface area (Å²) in [4.78, 5) is 16.7. The Labute approximate surface area is 209 Å². The summed E-state index contributed by atoms with van der Waals surface area (Å²) in [7, 11) is 0. The first kappa shape index (κ1) is 21.5. The first-order valence-electron chi connectivity index (χ1n) is 8.94. The Morgan fingerprint density at radius 2 is 1.83 bits per heavy atom. The van der Waals surface area contributed by atoms with Gasteiger partial charge in [-0.2, -0.15) is 0 Å². The van der Waals surface area contributed by atoms with Crippen LogP contribution in [0.2, 0.25) is 0 Å². The van der Waals surface area contributed by atoms with Crippen molar-refractivity contribution in [3.63, 3.8) is 0 Å². The molecule has 1 aliphatic heterocycles. The molecule has 4 rings (SSSR count). The summed E-state index contributed by atoms with van der Waals surface area (Å²) in [5, 5.41) is 0. The second kappa shape index (κ2) is 9.61. The molecule has 4 nitrogen and oxygen atoms in total. The van der Waals surface area contributed by atoms with Gasteiger partial charge in [-0.1, -0.05) is 30.3 Å². The monoisotopic (exact) mass is 685 g/mol. The molecule has 3 aromatic rings. The fourth-order valence-corrected chi connectivity index (χ4v) is 4.05. The van der Waals surface area contributed by atoms with Crippen LogP contribution < -0.4 is 4.74 Å². The van der Waals surface area contributed by atoms with E-state index in [1.54, 1.807) is 6.08 Å². The Hall–Kier alpha value is -1.72. The molecular weight excluding hydrogens is 672 g/mol. The van der Waals surface area contributed by atoms with Gasteiger partial charge >= 0.3 is 5.97 Å². The number of nitrogens with zero attached hydrogens (tertiary/aromatic N) is 1. The molecule has 0 aromatic heterocycles. The van der Waals surface area contributed by atoms with Crippen molar-refractivity contribution in [1.29, 1.82) is 0 Å². The Morgan fingerprint density at radius 1 is 1.00 bits per heavy atom. The number of halogens is 3. The van der Waals surface area contributed by atoms with Crippen molar-refractivity contribution < 1.29 is 14.3 Å². The maximum atomic E-state index is 12.3. The van der Waals surface area contributed by atoms with E-state index in [0.717, 1.165) is 34.1 Å². The molecule has 0 radical (unpaired) electrons. The van der Waals surface area contributed by atoms with Crippen LogP contribution >= 0.6 is 61.1 Å². The van der Waals surface area contributed by atoms with E-state index >= 15 is 0 Å². The molecule has 0 N–H and O–H groups in total. The third-order valence-electron chi connectivity index (χ3n) is 4.30. The van der Waals surface area contributed by atoms with Gasteiger partial charge in [0.15, 0.2) is 5.70 Å². The number of rotatable bonds is 5. The quantitative estimate of drug-likeness (QED) is 0.173. The minimum absolute atomic E-state index is 0.259. The van der Waals surface area contributed by atoms with Crippen molar-refractivity contribution in [2.45, 2.75) is 6.61 Å². The molecule has 0 amide bonds. The topological polar surface area (TPSA) is 47.9 Å². The molecule has 0 unspecified atom stereocenters. The highest BCUT2D eigenvalue weighted by atomic mass is 127. The number of cyclic esters (lactones) is 1. The molecule has 150 valence electrons. The highest BCUT2D eigenvalue weighted by Crippen LogP contribution is 2.25. The standard InChI is InChI=1S/C23H14BrI2NO3/c24-18-12-15(8-9-20(18)26)22-27-21(23(28)30-22)11-14-4-3-6-17(10-14)29-13-16-5-1-2-7-19(16)25/h1-12H,13H2/b21-11-. The summed E-state index contributed by atoms with van der Waals surface area (Å²) in [6, 6.07) is 21.3. The molecule has 3 aromatic carbocycles. The third-order valence-corrected chi connectivity index (χ3v) is 7.69. The van der Waals surface area contributed by atoms with Gasteiger partial charge in [0.2, 0.25) is 5.90 Å². The van der Waals surface area contributed by atoms with Crippen LogP contribution in [0.1, 0.15) is 16.7 Å². The third kappa shape index (κ3) is 5.12. The number of ether oxygens (including phenoxy) is 2. The molecule has 0 aliphatic carbocycles. The predicted octanol–water partition coefficient (Wildman–Crippen LogP) is 6.58. The lowest BCUT2D eigenvalue weighted by Crippen LogP contribution is -2.05. The molecule has 0 atom stereocenters. The number of esters is 1. The van der Waals surface area contributed by atoms with Crippen LogP contribution in [0, 0.1) is 7.14 Å². The van der Waals surface area contributed by atoms with Crippen LogP contribution in [-0.4, -0.2) is 11.9 Å². The maximum absolute atomic E-state index is 12.3. The zero-order valence-corrected chi connectivity index (χ0v) is 21.3. The average molecular weight is 686 g/mol. The highest BCUT2D eigenvalue weighted by molar-refractivity contribution is 14.1. The van der Waals surface area contributed by atoms with E-state index in [9.17, 15) is 4.79 Å². The van der Waals surface area contributed by atoms with E-state index in [-0.39, 0.29) is 5.70 Å². The minimum Gasteiger partial charge on any atom is -0.489 e. The van der Waals surface area contributed by atoms with E-state index in [1.165, 1.54) is 0 Å². The molecule has 7 heteroatoms. The summed E-state index contributed by atoms with van der Waals surface area (Å²) in [5.41, 5.74) is 2.94. The lowest BCUT2D eigenvalue weighted by molar-refractivity contribution is -0.129. The van der Waals surface area contributed by atoms with Crippen molar-refractivity contribution in [2.75, 3.05) is 0 Å². The summed E-state index contributed by atoms with van der Waals surface area (Å²) in [6.45, 7) is 0.477. The molecule has 0 saturated carbocycles. The Balaban J connectivity index is 1.53. The smallest absolute Gasteiger partial charge is 0.363 e. The molecule has 0 saturated heterocycles. The largest absolute Gasteiger partial charge is 0.489 e. The lowest BCUT2D eigenvalue weighted by Gasteiger charge is -2.08. The molecule has 1 aliphatic rings. The van der Waals surface area contributed by atoms with Crippen LogP contribution in [0.4, 0.5) is 0 Å². The second-order valence-electron chi connectivity index (χ2n) is 6.42. The van der Waals surface area contributed by atoms with E-state index in [4.69, 9.17) is 9.47 Å². The van der Waals surface area contributed by atoms with Crippen LogP contribution in [0.3, 0.4) is 0 Å². The maximum Gasteiger partial charge on any atom is 0.363 e. The van der Waals surface area contributed by atoms with E-state index in [2.05, 4.69) is 66.1 Å². The van der Waals surface area contributed by atoms with Crippen molar-refractivity contribution in [3.8, 4) is 5.75 Å². The van der Waals surface area contributed by atoms with Crippen LogP contribution in [0.5, 0.6) is 5.75 Å². The number of hydrogen-bond acceptors (Lipinski definition) is 4. The molecule has 0 spiro atoms.